The molecule has 11 heteroatoms. The zero-order valence-electron chi connectivity index (χ0n) is 18.4. The quantitative estimate of drug-likeness (QED) is 0.186. The number of nitrogens with one attached hydrogen (secondary N) is 2. The fraction of sp³-hybridized carbons (Fsp3) is 0.120. The number of carbonyl (C=O) groups excluding carboxylic acids is 4. The second-order valence-corrected chi connectivity index (χ2v) is 9.70. The highest BCUT2D eigenvalue weighted by Crippen LogP contribution is 2.44. The number of rotatable bonds is 5. The Kier molecular flexibility index (Phi) is 7.64. The summed E-state index contributed by atoms with van der Waals surface area (Å²) in [4.78, 5) is 52.3. The molecule has 0 bridgehead atoms. The van der Waals surface area contributed by atoms with Gasteiger partial charge in [0.05, 0.1) is 53.2 Å². The Bertz CT molecular complexity index is 1460. The molecule has 4 rings (SSSR count). The van der Waals surface area contributed by atoms with Crippen molar-refractivity contribution < 1.29 is 19.2 Å². The molecule has 0 saturated carbocycles. The van der Waals surface area contributed by atoms with Crippen molar-refractivity contribution in [3.63, 3.8) is 0 Å². The molecule has 2 N–H and O–H groups in total. The van der Waals surface area contributed by atoms with E-state index in [9.17, 15) is 19.2 Å². The van der Waals surface area contributed by atoms with Crippen LogP contribution in [0.1, 0.15) is 62.0 Å². The van der Waals surface area contributed by atoms with Crippen LogP contribution >= 0.6 is 58.0 Å². The van der Waals surface area contributed by atoms with Crippen molar-refractivity contribution in [2.45, 2.75) is 19.8 Å². The Morgan fingerprint density at radius 1 is 0.694 bits per heavy atom. The lowest BCUT2D eigenvalue weighted by Gasteiger charge is -2.23. The lowest BCUT2D eigenvalue weighted by molar-refractivity contribution is -0.116. The van der Waals surface area contributed by atoms with Gasteiger partial charge >= 0.3 is 0 Å². The van der Waals surface area contributed by atoms with Gasteiger partial charge in [-0.2, -0.15) is 0 Å². The topological polar surface area (TPSA) is 92.3 Å². The first-order valence-electron chi connectivity index (χ1n) is 10.6. The minimum Gasteiger partial charge on any atom is -0.325 e. The third-order valence-corrected chi connectivity index (χ3v) is 7.79. The lowest BCUT2D eigenvalue weighted by Crippen LogP contribution is -2.26. The maximum absolute atomic E-state index is 13.5. The maximum Gasteiger partial charge on any atom is 0.258 e. The van der Waals surface area contributed by atoms with E-state index in [1.165, 1.54) is 24.3 Å². The first-order valence-corrected chi connectivity index (χ1v) is 12.4. The van der Waals surface area contributed by atoms with Crippen LogP contribution in [0.4, 0.5) is 11.4 Å². The fourth-order valence-corrected chi connectivity index (χ4v) is 5.19. The average Bonchev–Trinajstić information content (AvgIpc) is 2.85. The van der Waals surface area contributed by atoms with Gasteiger partial charge in [-0.15, -0.1) is 0 Å². The molecule has 0 radical (unpaired) electrons. The molecule has 6 nitrogen and oxygen atoms in total. The van der Waals surface area contributed by atoms with Gasteiger partial charge in [0.15, 0.2) is 11.6 Å². The van der Waals surface area contributed by atoms with Gasteiger partial charge < -0.3 is 10.6 Å². The molecule has 0 unspecified atom stereocenters. The molecule has 0 atom stereocenters. The zero-order valence-corrected chi connectivity index (χ0v) is 22.2. The number of carbonyl (C=O) groups is 4. The summed E-state index contributed by atoms with van der Waals surface area (Å²) < 4.78 is 0. The number of hydrogen-bond acceptors (Lipinski definition) is 4. The van der Waals surface area contributed by atoms with E-state index in [2.05, 4.69) is 10.6 Å². The number of hydrogen-bond donors (Lipinski definition) is 2. The van der Waals surface area contributed by atoms with E-state index < -0.39 is 17.5 Å². The molecule has 0 aromatic heterocycles. The Morgan fingerprint density at radius 2 is 1.14 bits per heavy atom. The Labute approximate surface area is 230 Å². The number of ketones is 2. The van der Waals surface area contributed by atoms with Gasteiger partial charge in [0.2, 0.25) is 5.91 Å². The second kappa shape index (κ2) is 10.4. The van der Waals surface area contributed by atoms with E-state index in [0.717, 1.165) is 0 Å². The van der Waals surface area contributed by atoms with Crippen LogP contribution in [0, 0.1) is 0 Å². The predicted molar refractivity (Wildman–Crippen MR) is 143 cm³/mol. The maximum atomic E-state index is 13.5. The van der Waals surface area contributed by atoms with Crippen LogP contribution in [-0.2, 0) is 4.79 Å². The summed E-state index contributed by atoms with van der Waals surface area (Å²) in [5, 5.41) is 4.40. The highest BCUT2D eigenvalue weighted by molar-refractivity contribution is 6.56. The molecular weight excluding hydrogens is 570 g/mol. The van der Waals surface area contributed by atoms with E-state index in [-0.39, 0.29) is 76.6 Å². The van der Waals surface area contributed by atoms with Crippen LogP contribution in [0.2, 0.25) is 25.1 Å². The van der Waals surface area contributed by atoms with E-state index >= 15 is 0 Å². The van der Waals surface area contributed by atoms with Gasteiger partial charge in [0.1, 0.15) is 0 Å². The van der Waals surface area contributed by atoms with Crippen molar-refractivity contribution in [2.24, 2.45) is 0 Å². The number of halogens is 5. The minimum atomic E-state index is -0.814. The minimum absolute atomic E-state index is 0.0150. The summed E-state index contributed by atoms with van der Waals surface area (Å²) in [5.74, 6) is -2.07. The molecule has 2 amide bonds. The largest absolute Gasteiger partial charge is 0.325 e. The molecule has 0 fully saturated rings. The molecule has 0 heterocycles. The first-order chi connectivity index (χ1) is 17.1. The average molecular weight is 585 g/mol. The predicted octanol–water partition coefficient (Wildman–Crippen LogP) is 7.72. The van der Waals surface area contributed by atoms with Crippen molar-refractivity contribution in [3.8, 4) is 0 Å². The van der Waals surface area contributed by atoms with Crippen molar-refractivity contribution in [1.29, 1.82) is 0 Å². The van der Waals surface area contributed by atoms with Crippen molar-refractivity contribution >= 4 is 92.8 Å². The standard InChI is InChI=1S/C25H15Cl5N2O4/c1-2-5-14(33)31-12-8-3-6-10-15(12)23(34)11-7-4-9-13(16(11)24(10)35)32-25(36)17-18(26)20(28)22(30)21(29)19(17)27/h3-4,6-9H,2,5H2,1H3,(H,31,33)(H,32,36). The van der Waals surface area contributed by atoms with Crippen LogP contribution in [0.15, 0.2) is 36.4 Å². The van der Waals surface area contributed by atoms with Crippen molar-refractivity contribution in [2.75, 3.05) is 10.6 Å². The van der Waals surface area contributed by atoms with Gasteiger partial charge in [0, 0.05) is 17.5 Å². The van der Waals surface area contributed by atoms with Crippen LogP contribution in [0.25, 0.3) is 0 Å². The van der Waals surface area contributed by atoms with E-state index in [1.54, 1.807) is 12.1 Å². The van der Waals surface area contributed by atoms with E-state index in [4.69, 9.17) is 58.0 Å². The summed E-state index contributed by atoms with van der Waals surface area (Å²) in [5.41, 5.74) is 0.281. The molecular formula is C25H15Cl5N2O4. The smallest absolute Gasteiger partial charge is 0.258 e. The summed E-state index contributed by atoms with van der Waals surface area (Å²) in [6, 6.07) is 9.05. The van der Waals surface area contributed by atoms with E-state index in [1.807, 2.05) is 6.92 Å². The first kappa shape index (κ1) is 26.5. The number of fused-ring (bicyclic) bond motifs is 2. The number of amides is 2. The van der Waals surface area contributed by atoms with Gasteiger partial charge in [-0.05, 0) is 18.6 Å². The SMILES string of the molecule is CCCC(=O)Nc1cccc2c1C(=O)c1cccc(NC(=O)c3c(Cl)c(Cl)c(Cl)c(Cl)c3Cl)c1C2=O. The highest BCUT2D eigenvalue weighted by Gasteiger charge is 2.34. The van der Waals surface area contributed by atoms with Crippen LogP contribution in [0.5, 0.6) is 0 Å². The normalized spacial score (nSPS) is 12.2. The van der Waals surface area contributed by atoms with E-state index in [0.29, 0.717) is 6.42 Å². The summed E-state index contributed by atoms with van der Waals surface area (Å²) >= 11 is 30.6. The Balaban J connectivity index is 1.77. The molecule has 184 valence electrons. The molecule has 3 aromatic carbocycles. The van der Waals surface area contributed by atoms with Crippen molar-refractivity contribution in [1.82, 2.24) is 0 Å². The number of anilines is 2. The van der Waals surface area contributed by atoms with Gasteiger partial charge in [-0.1, -0.05) is 89.2 Å². The van der Waals surface area contributed by atoms with Gasteiger partial charge in [0.25, 0.3) is 5.91 Å². The summed E-state index contributed by atoms with van der Waals surface area (Å²) in [6.45, 7) is 1.85. The second-order valence-electron chi connectivity index (χ2n) is 7.81. The zero-order chi connectivity index (χ0) is 26.3. The van der Waals surface area contributed by atoms with Gasteiger partial charge in [-0.25, -0.2) is 0 Å². The molecule has 1 aliphatic carbocycles. The molecule has 0 saturated heterocycles. The van der Waals surface area contributed by atoms with Crippen LogP contribution in [-0.4, -0.2) is 23.4 Å². The molecule has 3 aromatic rings. The monoisotopic (exact) mass is 582 g/mol. The Hall–Kier alpha value is -2.61. The fourth-order valence-electron chi connectivity index (χ4n) is 3.88. The van der Waals surface area contributed by atoms with Crippen molar-refractivity contribution in [3.05, 3.63) is 89.3 Å². The van der Waals surface area contributed by atoms with Crippen LogP contribution in [0.3, 0.4) is 0 Å². The van der Waals surface area contributed by atoms with Crippen LogP contribution < -0.4 is 10.6 Å². The third kappa shape index (κ3) is 4.49. The number of benzene rings is 3. The highest BCUT2D eigenvalue weighted by atomic mass is 35.5. The lowest BCUT2D eigenvalue weighted by atomic mass is 9.82. The molecule has 36 heavy (non-hydrogen) atoms. The third-order valence-electron chi connectivity index (χ3n) is 5.51. The molecule has 0 spiro atoms. The molecule has 0 aliphatic heterocycles. The summed E-state index contributed by atoms with van der Waals surface area (Å²) in [6.07, 6.45) is 0.889. The Morgan fingerprint density at radius 3 is 1.61 bits per heavy atom. The molecule has 1 aliphatic rings. The summed E-state index contributed by atoms with van der Waals surface area (Å²) in [7, 11) is 0. The van der Waals surface area contributed by atoms with Gasteiger partial charge in [-0.3, -0.25) is 19.2 Å².